The summed E-state index contributed by atoms with van der Waals surface area (Å²) in [6, 6.07) is 11.7. The Morgan fingerprint density at radius 2 is 1.96 bits per heavy atom. The Morgan fingerprint density at radius 1 is 1.29 bits per heavy atom. The molecule has 0 fully saturated rings. The Bertz CT molecular complexity index is 971. The molecule has 0 amide bonds. The number of benzene rings is 1. The van der Waals surface area contributed by atoms with Crippen LogP contribution in [0.2, 0.25) is 0 Å². The highest BCUT2D eigenvalue weighted by atomic mass is 32.1. The number of rotatable bonds is 4. The third-order valence-electron chi connectivity index (χ3n) is 4.03. The van der Waals surface area contributed by atoms with Gasteiger partial charge in [-0.1, -0.05) is 30.3 Å². The average molecular weight is 342 g/mol. The Balaban J connectivity index is 2.14. The van der Waals surface area contributed by atoms with Gasteiger partial charge in [-0.25, -0.2) is 4.98 Å². The van der Waals surface area contributed by atoms with Gasteiger partial charge < -0.3 is 5.11 Å². The third kappa shape index (κ3) is 2.85. The first-order valence-electron chi connectivity index (χ1n) is 7.59. The second-order valence-corrected chi connectivity index (χ2v) is 7.47. The highest BCUT2D eigenvalue weighted by Gasteiger charge is 2.29. The van der Waals surface area contributed by atoms with E-state index < -0.39 is 11.4 Å². The molecule has 0 aliphatic rings. The SMILES string of the molecule is Cc1nc2sc(-c3ccccc3)cc2c(=O)n1CC(C)(C)C(=O)O. The number of nitrogens with zero attached hydrogens (tertiary/aromatic N) is 2. The van der Waals surface area contributed by atoms with Gasteiger partial charge >= 0.3 is 5.97 Å². The summed E-state index contributed by atoms with van der Waals surface area (Å²) in [4.78, 5) is 30.4. The summed E-state index contributed by atoms with van der Waals surface area (Å²) in [5, 5.41) is 9.85. The number of hydrogen-bond acceptors (Lipinski definition) is 4. The van der Waals surface area contributed by atoms with Crippen LogP contribution in [0, 0.1) is 12.3 Å². The van der Waals surface area contributed by atoms with E-state index in [1.807, 2.05) is 36.4 Å². The molecule has 124 valence electrons. The minimum absolute atomic E-state index is 0.0897. The van der Waals surface area contributed by atoms with Gasteiger partial charge in [-0.2, -0.15) is 0 Å². The van der Waals surface area contributed by atoms with Crippen molar-refractivity contribution in [3.63, 3.8) is 0 Å². The Morgan fingerprint density at radius 3 is 2.58 bits per heavy atom. The van der Waals surface area contributed by atoms with E-state index in [-0.39, 0.29) is 12.1 Å². The molecule has 0 unspecified atom stereocenters. The van der Waals surface area contributed by atoms with Gasteiger partial charge in [0.15, 0.2) is 0 Å². The van der Waals surface area contributed by atoms with Crippen molar-refractivity contribution < 1.29 is 9.90 Å². The second-order valence-electron chi connectivity index (χ2n) is 6.43. The van der Waals surface area contributed by atoms with Gasteiger partial charge in [0.1, 0.15) is 10.7 Å². The summed E-state index contributed by atoms with van der Waals surface area (Å²) in [5.74, 6) is -0.410. The lowest BCUT2D eigenvalue weighted by Crippen LogP contribution is -2.35. The summed E-state index contributed by atoms with van der Waals surface area (Å²) in [6.45, 7) is 5.04. The number of aryl methyl sites for hydroxylation is 1. The van der Waals surface area contributed by atoms with Crippen LogP contribution in [0.1, 0.15) is 19.7 Å². The molecule has 0 aliphatic carbocycles. The van der Waals surface area contributed by atoms with Gasteiger partial charge in [0.05, 0.1) is 10.8 Å². The Kier molecular flexibility index (Phi) is 4.01. The van der Waals surface area contributed by atoms with Crippen molar-refractivity contribution in [3.05, 3.63) is 52.6 Å². The zero-order valence-corrected chi connectivity index (χ0v) is 14.6. The maximum atomic E-state index is 12.8. The van der Waals surface area contributed by atoms with E-state index in [0.717, 1.165) is 10.4 Å². The van der Waals surface area contributed by atoms with Crippen molar-refractivity contribution in [2.45, 2.75) is 27.3 Å². The van der Waals surface area contributed by atoms with E-state index in [0.29, 0.717) is 16.0 Å². The van der Waals surface area contributed by atoms with Crippen LogP contribution in [0.5, 0.6) is 0 Å². The van der Waals surface area contributed by atoms with Crippen LogP contribution >= 0.6 is 11.3 Å². The van der Waals surface area contributed by atoms with E-state index >= 15 is 0 Å². The topological polar surface area (TPSA) is 72.2 Å². The molecule has 5 nitrogen and oxygen atoms in total. The number of carbonyl (C=O) groups is 1. The van der Waals surface area contributed by atoms with Gasteiger partial charge in [0.25, 0.3) is 5.56 Å². The molecule has 1 N–H and O–H groups in total. The Labute approximate surface area is 143 Å². The van der Waals surface area contributed by atoms with E-state index in [1.165, 1.54) is 15.9 Å². The summed E-state index contributed by atoms with van der Waals surface area (Å²) in [5.41, 5.74) is -0.192. The molecule has 6 heteroatoms. The number of carboxylic acids is 1. The van der Waals surface area contributed by atoms with E-state index in [2.05, 4.69) is 4.98 Å². The summed E-state index contributed by atoms with van der Waals surface area (Å²) in [6.07, 6.45) is 0. The lowest BCUT2D eigenvalue weighted by atomic mass is 9.93. The highest BCUT2D eigenvalue weighted by Crippen LogP contribution is 2.31. The molecular formula is C18H18N2O3S. The van der Waals surface area contributed by atoms with Gasteiger partial charge in [0, 0.05) is 11.4 Å². The summed E-state index contributed by atoms with van der Waals surface area (Å²) >= 11 is 1.47. The third-order valence-corrected chi connectivity index (χ3v) is 5.11. The van der Waals surface area contributed by atoms with Crippen LogP contribution < -0.4 is 5.56 Å². The van der Waals surface area contributed by atoms with Crippen molar-refractivity contribution in [1.82, 2.24) is 9.55 Å². The molecule has 2 heterocycles. The monoisotopic (exact) mass is 342 g/mol. The van der Waals surface area contributed by atoms with Gasteiger partial charge in [0.2, 0.25) is 0 Å². The number of hydrogen-bond donors (Lipinski definition) is 1. The quantitative estimate of drug-likeness (QED) is 0.787. The van der Waals surface area contributed by atoms with Crippen LogP contribution in [0.15, 0.2) is 41.2 Å². The highest BCUT2D eigenvalue weighted by molar-refractivity contribution is 7.21. The lowest BCUT2D eigenvalue weighted by molar-refractivity contribution is -0.147. The van der Waals surface area contributed by atoms with Crippen molar-refractivity contribution >= 4 is 27.5 Å². The standard InChI is InChI=1S/C18H18N2O3S/c1-11-19-15-13(9-14(24-15)12-7-5-4-6-8-12)16(21)20(11)10-18(2,3)17(22)23/h4-9H,10H2,1-3H3,(H,22,23). The fourth-order valence-electron chi connectivity index (χ4n) is 2.51. The zero-order chi connectivity index (χ0) is 17.5. The zero-order valence-electron chi connectivity index (χ0n) is 13.7. The van der Waals surface area contributed by atoms with Gasteiger partial charge in [-0.05, 0) is 32.4 Å². The maximum Gasteiger partial charge on any atom is 0.310 e. The normalized spacial score (nSPS) is 11.8. The number of aliphatic carboxylic acids is 1. The first-order valence-corrected chi connectivity index (χ1v) is 8.41. The predicted molar refractivity (Wildman–Crippen MR) is 95.5 cm³/mol. The largest absolute Gasteiger partial charge is 0.481 e. The van der Waals surface area contributed by atoms with E-state index in [4.69, 9.17) is 0 Å². The van der Waals surface area contributed by atoms with Gasteiger partial charge in [-0.3, -0.25) is 14.2 Å². The fourth-order valence-corrected chi connectivity index (χ4v) is 3.58. The molecule has 0 bridgehead atoms. The number of carboxylic acid groups (broad SMARTS) is 1. The number of aromatic nitrogens is 2. The van der Waals surface area contributed by atoms with Crippen molar-refractivity contribution in [2.75, 3.05) is 0 Å². The van der Waals surface area contributed by atoms with Crippen molar-refractivity contribution in [1.29, 1.82) is 0 Å². The van der Waals surface area contributed by atoms with Crippen LogP contribution in [0.4, 0.5) is 0 Å². The first kappa shape index (κ1) is 16.4. The van der Waals surface area contributed by atoms with Crippen molar-refractivity contribution in [2.24, 2.45) is 5.41 Å². The average Bonchev–Trinajstić information content (AvgIpc) is 2.96. The molecule has 0 atom stereocenters. The van der Waals surface area contributed by atoms with Crippen LogP contribution in [-0.4, -0.2) is 20.6 Å². The molecular weight excluding hydrogens is 324 g/mol. The maximum absolute atomic E-state index is 12.8. The van der Waals surface area contributed by atoms with E-state index in [9.17, 15) is 14.7 Å². The molecule has 0 aliphatic heterocycles. The van der Waals surface area contributed by atoms with Crippen LogP contribution in [0.25, 0.3) is 20.7 Å². The molecule has 24 heavy (non-hydrogen) atoms. The minimum Gasteiger partial charge on any atom is -0.481 e. The van der Waals surface area contributed by atoms with Gasteiger partial charge in [-0.15, -0.1) is 11.3 Å². The predicted octanol–water partition coefficient (Wildman–Crippen LogP) is 3.54. The first-order chi connectivity index (χ1) is 11.3. The molecule has 0 saturated heterocycles. The van der Waals surface area contributed by atoms with Crippen molar-refractivity contribution in [3.8, 4) is 10.4 Å². The molecule has 0 spiro atoms. The molecule has 2 aromatic heterocycles. The molecule has 1 aromatic carbocycles. The molecule has 3 rings (SSSR count). The smallest absolute Gasteiger partial charge is 0.310 e. The molecule has 0 radical (unpaired) electrons. The fraction of sp³-hybridized carbons (Fsp3) is 0.278. The summed E-state index contributed by atoms with van der Waals surface area (Å²) in [7, 11) is 0. The van der Waals surface area contributed by atoms with Crippen LogP contribution in [0.3, 0.4) is 0 Å². The minimum atomic E-state index is -1.04. The Hall–Kier alpha value is -2.47. The second kappa shape index (κ2) is 5.87. The molecule has 0 saturated carbocycles. The molecule has 3 aromatic rings. The lowest BCUT2D eigenvalue weighted by Gasteiger charge is -2.21. The van der Waals surface area contributed by atoms with E-state index in [1.54, 1.807) is 20.8 Å². The summed E-state index contributed by atoms with van der Waals surface area (Å²) < 4.78 is 1.46. The number of fused-ring (bicyclic) bond motifs is 1. The number of thiophene rings is 1. The van der Waals surface area contributed by atoms with Crippen LogP contribution in [-0.2, 0) is 11.3 Å².